The highest BCUT2D eigenvalue weighted by atomic mass is 35.5. The number of aliphatic imine (C=N–C) groups is 1. The van der Waals surface area contributed by atoms with Gasteiger partial charge in [-0.3, -0.25) is 14.6 Å². The number of hydrogen-bond acceptors (Lipinski definition) is 4. The molecule has 0 spiro atoms. The normalized spacial score (nSPS) is 17.1. The monoisotopic (exact) mass is 359 g/mol. The summed E-state index contributed by atoms with van der Waals surface area (Å²) in [5, 5.41) is -0.222. The molecular weight excluding hydrogens is 344 g/mol. The number of Topliss-reactive ketones (excluding diaryl/α,β-unsaturated/α-hetero) is 1. The van der Waals surface area contributed by atoms with Crippen molar-refractivity contribution in [2.45, 2.75) is 32.2 Å². The van der Waals surface area contributed by atoms with Crippen molar-refractivity contribution in [1.29, 1.82) is 0 Å². The van der Waals surface area contributed by atoms with Crippen molar-refractivity contribution in [3.05, 3.63) is 33.6 Å². The van der Waals surface area contributed by atoms with E-state index < -0.39 is 23.5 Å². The van der Waals surface area contributed by atoms with Crippen molar-refractivity contribution in [3.8, 4) is 0 Å². The van der Waals surface area contributed by atoms with Gasteiger partial charge in [-0.05, 0) is 38.8 Å². The number of benzene rings is 1. The number of carbonyl (C=O) groups excluding carboxylic acids is 2. The van der Waals surface area contributed by atoms with Gasteiger partial charge in [0.25, 0.3) is 0 Å². The molecular formula is C16H16Cl2FNO3. The fourth-order valence-electron chi connectivity index (χ4n) is 1.91. The summed E-state index contributed by atoms with van der Waals surface area (Å²) in [7, 11) is 0. The van der Waals surface area contributed by atoms with Crippen LogP contribution in [0.2, 0.25) is 10.0 Å². The summed E-state index contributed by atoms with van der Waals surface area (Å²) in [4.78, 5) is 28.9. The second-order valence-electron chi connectivity index (χ2n) is 5.62. The number of ketones is 1. The zero-order chi connectivity index (χ0) is 17.2. The first kappa shape index (κ1) is 17.9. The minimum absolute atomic E-state index is 0.0262. The van der Waals surface area contributed by atoms with Crippen LogP contribution in [-0.4, -0.2) is 30.1 Å². The number of rotatable bonds is 6. The van der Waals surface area contributed by atoms with Crippen LogP contribution in [0.15, 0.2) is 17.1 Å². The summed E-state index contributed by atoms with van der Waals surface area (Å²) in [6.07, 6.45) is 3.06. The van der Waals surface area contributed by atoms with Crippen LogP contribution in [0.3, 0.4) is 0 Å². The van der Waals surface area contributed by atoms with Crippen molar-refractivity contribution in [2.24, 2.45) is 10.9 Å². The summed E-state index contributed by atoms with van der Waals surface area (Å²) in [5.74, 6) is -3.45. The summed E-state index contributed by atoms with van der Waals surface area (Å²) in [5.41, 5.74) is -0.362. The molecule has 0 bridgehead atoms. The number of carbonyl (C=O) groups is 2. The molecule has 0 aromatic heterocycles. The smallest absolute Gasteiger partial charge is 0.322 e. The lowest BCUT2D eigenvalue weighted by atomic mass is 9.98. The van der Waals surface area contributed by atoms with Crippen LogP contribution in [0.4, 0.5) is 4.39 Å². The van der Waals surface area contributed by atoms with E-state index >= 15 is 0 Å². The van der Waals surface area contributed by atoms with Gasteiger partial charge in [-0.15, -0.1) is 0 Å². The van der Waals surface area contributed by atoms with Gasteiger partial charge in [0.2, 0.25) is 0 Å². The second kappa shape index (κ2) is 6.97. The summed E-state index contributed by atoms with van der Waals surface area (Å²) in [6.45, 7) is 3.68. The third-order valence-electron chi connectivity index (χ3n) is 3.61. The average Bonchev–Trinajstić information content (AvgIpc) is 3.21. The van der Waals surface area contributed by atoms with Gasteiger partial charge >= 0.3 is 5.97 Å². The van der Waals surface area contributed by atoms with Gasteiger partial charge in [-0.1, -0.05) is 23.2 Å². The highest BCUT2D eigenvalue weighted by Gasteiger charge is 2.38. The molecule has 0 radical (unpaired) electrons. The minimum Gasteiger partial charge on any atom is -0.465 e. The van der Waals surface area contributed by atoms with E-state index in [1.165, 1.54) is 6.21 Å². The predicted molar refractivity (Wildman–Crippen MR) is 87.0 cm³/mol. The predicted octanol–water partition coefficient (Wildman–Crippen LogP) is 4.12. The van der Waals surface area contributed by atoms with Crippen molar-refractivity contribution in [2.75, 3.05) is 6.61 Å². The maximum atomic E-state index is 13.6. The molecule has 1 saturated carbocycles. The Hall–Kier alpha value is -1.46. The van der Waals surface area contributed by atoms with Gasteiger partial charge in [-0.2, -0.15) is 0 Å². The number of esters is 1. The number of halogens is 3. The van der Waals surface area contributed by atoms with Gasteiger partial charge in [0.05, 0.1) is 22.2 Å². The SMILES string of the molecule is CCOC(=O)C(C=NC1(C)CC1)C(=O)c1cc(F)c(Cl)cc1Cl. The first-order chi connectivity index (χ1) is 10.8. The molecule has 1 aliphatic carbocycles. The van der Waals surface area contributed by atoms with Gasteiger partial charge in [-0.25, -0.2) is 4.39 Å². The van der Waals surface area contributed by atoms with E-state index in [4.69, 9.17) is 27.9 Å². The van der Waals surface area contributed by atoms with E-state index in [-0.39, 0.29) is 27.8 Å². The molecule has 23 heavy (non-hydrogen) atoms. The van der Waals surface area contributed by atoms with Crippen molar-refractivity contribution >= 4 is 41.2 Å². The Bertz CT molecular complexity index is 672. The minimum atomic E-state index is -1.26. The molecule has 0 N–H and O–H groups in total. The summed E-state index contributed by atoms with van der Waals surface area (Å²) in [6, 6.07) is 2.05. The van der Waals surface area contributed by atoms with Crippen molar-refractivity contribution in [3.63, 3.8) is 0 Å². The lowest BCUT2D eigenvalue weighted by Crippen LogP contribution is -2.28. The van der Waals surface area contributed by atoms with E-state index in [0.29, 0.717) is 0 Å². The molecule has 7 heteroatoms. The molecule has 1 aromatic carbocycles. The fourth-order valence-corrected chi connectivity index (χ4v) is 2.39. The Balaban J connectivity index is 2.34. The highest BCUT2D eigenvalue weighted by Crippen LogP contribution is 2.38. The molecule has 0 saturated heterocycles. The van der Waals surface area contributed by atoms with Gasteiger partial charge in [0.1, 0.15) is 5.82 Å². The lowest BCUT2D eigenvalue weighted by molar-refractivity contribution is -0.143. The van der Waals surface area contributed by atoms with Crippen LogP contribution in [0.25, 0.3) is 0 Å². The molecule has 2 rings (SSSR count). The molecule has 4 nitrogen and oxygen atoms in total. The number of ether oxygens (including phenoxy) is 1. The van der Waals surface area contributed by atoms with Gasteiger partial charge in [0, 0.05) is 11.8 Å². The Labute approximate surface area is 143 Å². The molecule has 1 aromatic rings. The average molecular weight is 360 g/mol. The largest absolute Gasteiger partial charge is 0.465 e. The third kappa shape index (κ3) is 4.30. The molecule has 1 aliphatic rings. The fraction of sp³-hybridized carbons (Fsp3) is 0.438. The van der Waals surface area contributed by atoms with Crippen LogP contribution in [-0.2, 0) is 9.53 Å². The summed E-state index contributed by atoms with van der Waals surface area (Å²) >= 11 is 11.6. The Morgan fingerprint density at radius 3 is 2.61 bits per heavy atom. The van der Waals surface area contributed by atoms with Crippen LogP contribution in [0.1, 0.15) is 37.0 Å². The number of nitrogens with zero attached hydrogens (tertiary/aromatic N) is 1. The lowest BCUT2D eigenvalue weighted by Gasteiger charge is -2.13. The van der Waals surface area contributed by atoms with Crippen LogP contribution in [0, 0.1) is 11.7 Å². The number of hydrogen-bond donors (Lipinski definition) is 0. The zero-order valence-electron chi connectivity index (χ0n) is 12.7. The standard InChI is InChI=1S/C16H16Cl2FNO3/c1-3-23-15(22)10(8-20-16(2)4-5-16)14(21)9-6-13(19)12(18)7-11(9)17/h6-8,10H,3-5H2,1-2H3. The van der Waals surface area contributed by atoms with E-state index in [2.05, 4.69) is 4.99 Å². The zero-order valence-corrected chi connectivity index (χ0v) is 14.2. The topological polar surface area (TPSA) is 55.7 Å². The molecule has 1 unspecified atom stereocenters. The van der Waals surface area contributed by atoms with Gasteiger partial charge in [0.15, 0.2) is 11.7 Å². The molecule has 0 heterocycles. The van der Waals surface area contributed by atoms with Gasteiger partial charge < -0.3 is 4.74 Å². The molecule has 1 fully saturated rings. The van der Waals surface area contributed by atoms with E-state index in [0.717, 1.165) is 25.0 Å². The van der Waals surface area contributed by atoms with Crippen molar-refractivity contribution in [1.82, 2.24) is 0 Å². The molecule has 0 amide bonds. The first-order valence-corrected chi connectivity index (χ1v) is 7.94. The van der Waals surface area contributed by atoms with Crippen LogP contribution in [0.5, 0.6) is 0 Å². The second-order valence-corrected chi connectivity index (χ2v) is 6.43. The highest BCUT2D eigenvalue weighted by molar-refractivity contribution is 6.37. The van der Waals surface area contributed by atoms with Crippen molar-refractivity contribution < 1.29 is 18.7 Å². The quantitative estimate of drug-likeness (QED) is 0.252. The Morgan fingerprint density at radius 1 is 1.39 bits per heavy atom. The summed E-state index contributed by atoms with van der Waals surface area (Å²) < 4.78 is 18.5. The van der Waals surface area contributed by atoms with E-state index in [1.54, 1.807) is 6.92 Å². The maximum absolute atomic E-state index is 13.6. The Kier molecular flexibility index (Phi) is 5.42. The third-order valence-corrected chi connectivity index (χ3v) is 4.21. The van der Waals surface area contributed by atoms with Crippen LogP contribution >= 0.6 is 23.2 Å². The van der Waals surface area contributed by atoms with Crippen LogP contribution < -0.4 is 0 Å². The Morgan fingerprint density at radius 2 is 2.04 bits per heavy atom. The molecule has 124 valence electrons. The maximum Gasteiger partial charge on any atom is 0.322 e. The first-order valence-electron chi connectivity index (χ1n) is 7.18. The van der Waals surface area contributed by atoms with E-state index in [1.807, 2.05) is 6.92 Å². The molecule has 0 aliphatic heterocycles. The van der Waals surface area contributed by atoms with E-state index in [9.17, 15) is 14.0 Å². The molecule has 1 atom stereocenters.